The zero-order valence-electron chi connectivity index (χ0n) is 11.8. The van der Waals surface area contributed by atoms with E-state index in [1.54, 1.807) is 0 Å². The van der Waals surface area contributed by atoms with Gasteiger partial charge in [0.1, 0.15) is 5.82 Å². The SMILES string of the molecule is CNCCCNC(=O)c1cc(OC)c(OC)cc1F.Cl. The van der Waals surface area contributed by atoms with Crippen molar-refractivity contribution in [3.63, 3.8) is 0 Å². The molecule has 2 N–H and O–H groups in total. The maximum Gasteiger partial charge on any atom is 0.254 e. The van der Waals surface area contributed by atoms with Crippen LogP contribution in [0.25, 0.3) is 0 Å². The Morgan fingerprint density at radius 2 is 1.80 bits per heavy atom. The van der Waals surface area contributed by atoms with Gasteiger partial charge in [-0.2, -0.15) is 0 Å². The fourth-order valence-electron chi connectivity index (χ4n) is 1.59. The molecule has 0 unspecified atom stereocenters. The Hall–Kier alpha value is -1.53. The lowest BCUT2D eigenvalue weighted by Crippen LogP contribution is -2.27. The minimum atomic E-state index is -0.635. The lowest BCUT2D eigenvalue weighted by atomic mass is 10.1. The molecule has 0 aliphatic heterocycles. The largest absolute Gasteiger partial charge is 0.493 e. The lowest BCUT2D eigenvalue weighted by molar-refractivity contribution is 0.0948. The van der Waals surface area contributed by atoms with Gasteiger partial charge in [-0.1, -0.05) is 0 Å². The Labute approximate surface area is 124 Å². The van der Waals surface area contributed by atoms with E-state index in [4.69, 9.17) is 9.47 Å². The van der Waals surface area contributed by atoms with Crippen LogP contribution in [0, 0.1) is 5.82 Å². The Balaban J connectivity index is 0.00000361. The van der Waals surface area contributed by atoms with Crippen LogP contribution in [-0.2, 0) is 0 Å². The first-order chi connectivity index (χ1) is 9.13. The lowest BCUT2D eigenvalue weighted by Gasteiger charge is -2.11. The van der Waals surface area contributed by atoms with E-state index < -0.39 is 11.7 Å². The van der Waals surface area contributed by atoms with Gasteiger partial charge in [0.05, 0.1) is 19.8 Å². The molecule has 0 aliphatic rings. The van der Waals surface area contributed by atoms with Gasteiger partial charge in [0.25, 0.3) is 5.91 Å². The highest BCUT2D eigenvalue weighted by Crippen LogP contribution is 2.29. The molecular weight excluding hydrogens is 287 g/mol. The summed E-state index contributed by atoms with van der Waals surface area (Å²) in [4.78, 5) is 11.8. The van der Waals surface area contributed by atoms with Crippen LogP contribution < -0.4 is 20.1 Å². The maximum atomic E-state index is 13.8. The van der Waals surface area contributed by atoms with Crippen molar-refractivity contribution in [3.05, 3.63) is 23.5 Å². The fourth-order valence-corrected chi connectivity index (χ4v) is 1.59. The third-order valence-electron chi connectivity index (χ3n) is 2.61. The van der Waals surface area contributed by atoms with Crippen molar-refractivity contribution in [3.8, 4) is 11.5 Å². The van der Waals surface area contributed by atoms with Crippen LogP contribution in [-0.4, -0.2) is 40.3 Å². The van der Waals surface area contributed by atoms with Crippen LogP contribution in [0.2, 0.25) is 0 Å². The van der Waals surface area contributed by atoms with Crippen LogP contribution in [0.3, 0.4) is 0 Å². The first kappa shape index (κ1) is 18.5. The Morgan fingerprint density at radius 3 is 2.35 bits per heavy atom. The van der Waals surface area contributed by atoms with E-state index in [9.17, 15) is 9.18 Å². The third kappa shape index (κ3) is 4.86. The topological polar surface area (TPSA) is 59.6 Å². The molecule has 5 nitrogen and oxygen atoms in total. The summed E-state index contributed by atoms with van der Waals surface area (Å²) < 4.78 is 23.8. The predicted octanol–water partition coefficient (Wildman–Crippen LogP) is 1.60. The molecule has 0 aromatic heterocycles. The number of hydrogen-bond donors (Lipinski definition) is 2. The third-order valence-corrected chi connectivity index (χ3v) is 2.61. The summed E-state index contributed by atoms with van der Waals surface area (Å²) >= 11 is 0. The number of rotatable bonds is 7. The van der Waals surface area contributed by atoms with Crippen molar-refractivity contribution < 1.29 is 18.7 Å². The van der Waals surface area contributed by atoms with Gasteiger partial charge in [-0.05, 0) is 26.1 Å². The van der Waals surface area contributed by atoms with Crippen molar-refractivity contribution in [2.24, 2.45) is 0 Å². The molecule has 0 saturated heterocycles. The smallest absolute Gasteiger partial charge is 0.254 e. The Kier molecular flexibility index (Phi) is 8.67. The zero-order valence-corrected chi connectivity index (χ0v) is 12.6. The second kappa shape index (κ2) is 9.39. The first-order valence-corrected chi connectivity index (χ1v) is 5.98. The van der Waals surface area contributed by atoms with E-state index in [-0.39, 0.29) is 23.7 Å². The van der Waals surface area contributed by atoms with Gasteiger partial charge in [-0.3, -0.25) is 4.79 Å². The quantitative estimate of drug-likeness (QED) is 0.751. The number of carbonyl (C=O) groups excluding carboxylic acids is 1. The van der Waals surface area contributed by atoms with E-state index >= 15 is 0 Å². The van der Waals surface area contributed by atoms with E-state index in [0.717, 1.165) is 19.0 Å². The molecule has 1 aromatic rings. The Bertz CT molecular complexity index is 444. The van der Waals surface area contributed by atoms with Crippen molar-refractivity contribution in [2.45, 2.75) is 6.42 Å². The van der Waals surface area contributed by atoms with Crippen LogP contribution in [0.4, 0.5) is 4.39 Å². The average Bonchev–Trinajstić information content (AvgIpc) is 2.42. The van der Waals surface area contributed by atoms with Gasteiger partial charge in [0.15, 0.2) is 11.5 Å². The van der Waals surface area contributed by atoms with Crippen LogP contribution in [0.5, 0.6) is 11.5 Å². The van der Waals surface area contributed by atoms with Gasteiger partial charge in [-0.25, -0.2) is 4.39 Å². The molecule has 0 atom stereocenters. The molecule has 7 heteroatoms. The number of nitrogens with one attached hydrogen (secondary N) is 2. The summed E-state index contributed by atoms with van der Waals surface area (Å²) in [6, 6.07) is 2.48. The molecule has 114 valence electrons. The molecule has 0 spiro atoms. The van der Waals surface area contributed by atoms with E-state index in [1.165, 1.54) is 20.3 Å². The first-order valence-electron chi connectivity index (χ1n) is 5.98. The van der Waals surface area contributed by atoms with Crippen molar-refractivity contribution in [2.75, 3.05) is 34.4 Å². The summed E-state index contributed by atoms with van der Waals surface area (Å²) in [5.74, 6) is -0.519. The van der Waals surface area contributed by atoms with Gasteiger partial charge in [0, 0.05) is 12.6 Å². The summed E-state index contributed by atoms with van der Waals surface area (Å²) in [6.07, 6.45) is 0.775. The van der Waals surface area contributed by atoms with Crippen molar-refractivity contribution in [1.82, 2.24) is 10.6 Å². The van der Waals surface area contributed by atoms with E-state index in [1.807, 2.05) is 7.05 Å². The summed E-state index contributed by atoms with van der Waals surface area (Å²) in [7, 11) is 4.68. The predicted molar refractivity (Wildman–Crippen MR) is 77.6 cm³/mol. The van der Waals surface area contributed by atoms with Crippen LogP contribution in [0.15, 0.2) is 12.1 Å². The maximum absolute atomic E-state index is 13.8. The highest BCUT2D eigenvalue weighted by molar-refractivity contribution is 5.95. The minimum Gasteiger partial charge on any atom is -0.493 e. The number of methoxy groups -OCH3 is 2. The molecule has 0 bridgehead atoms. The summed E-state index contributed by atoms with van der Waals surface area (Å²) in [6.45, 7) is 1.27. The van der Waals surface area contributed by atoms with Gasteiger partial charge in [0.2, 0.25) is 0 Å². The molecule has 0 saturated carbocycles. The normalized spacial score (nSPS) is 9.60. The van der Waals surface area contributed by atoms with Crippen LogP contribution in [0.1, 0.15) is 16.8 Å². The van der Waals surface area contributed by atoms with Gasteiger partial charge in [-0.15, -0.1) is 12.4 Å². The molecule has 20 heavy (non-hydrogen) atoms. The summed E-state index contributed by atoms with van der Waals surface area (Å²) in [5.41, 5.74) is -0.0536. The van der Waals surface area contributed by atoms with Gasteiger partial charge < -0.3 is 20.1 Å². The molecule has 1 amide bonds. The van der Waals surface area contributed by atoms with Crippen LogP contribution >= 0.6 is 12.4 Å². The number of amides is 1. The molecule has 1 aromatic carbocycles. The molecule has 1 rings (SSSR count). The second-order valence-corrected chi connectivity index (χ2v) is 3.90. The number of benzene rings is 1. The highest BCUT2D eigenvalue weighted by Gasteiger charge is 2.16. The molecular formula is C13H20ClFN2O3. The molecule has 0 radical (unpaired) electrons. The monoisotopic (exact) mass is 306 g/mol. The minimum absolute atomic E-state index is 0. The number of ether oxygens (including phenoxy) is 2. The summed E-state index contributed by atoms with van der Waals surface area (Å²) in [5, 5.41) is 5.61. The highest BCUT2D eigenvalue weighted by atomic mass is 35.5. The Morgan fingerprint density at radius 1 is 1.20 bits per heavy atom. The average molecular weight is 307 g/mol. The van der Waals surface area contributed by atoms with E-state index in [2.05, 4.69) is 10.6 Å². The number of halogens is 2. The van der Waals surface area contributed by atoms with Crippen molar-refractivity contribution >= 4 is 18.3 Å². The fraction of sp³-hybridized carbons (Fsp3) is 0.462. The molecule has 0 aliphatic carbocycles. The van der Waals surface area contributed by atoms with Crippen molar-refractivity contribution in [1.29, 1.82) is 0 Å². The molecule has 0 fully saturated rings. The van der Waals surface area contributed by atoms with E-state index in [0.29, 0.717) is 12.3 Å². The number of carbonyl (C=O) groups is 1. The number of hydrogen-bond acceptors (Lipinski definition) is 4. The second-order valence-electron chi connectivity index (χ2n) is 3.90. The molecule has 0 heterocycles. The van der Waals surface area contributed by atoms with Gasteiger partial charge >= 0.3 is 0 Å². The standard InChI is InChI=1S/C13H19FN2O3.ClH/c1-15-5-4-6-16-13(17)9-7-11(18-2)12(19-3)8-10(9)14;/h7-8,15H,4-6H2,1-3H3,(H,16,17);1H. The zero-order chi connectivity index (χ0) is 14.3.